The van der Waals surface area contributed by atoms with Crippen LogP contribution in [-0.2, 0) is 4.84 Å². The van der Waals surface area contributed by atoms with Crippen molar-refractivity contribution in [2.24, 2.45) is 33.7 Å². The van der Waals surface area contributed by atoms with Crippen LogP contribution in [0.3, 0.4) is 0 Å². The number of allylic oxidation sites excluding steroid dienone is 1. The molecular weight excluding hydrogens is 362 g/mol. The summed E-state index contributed by atoms with van der Waals surface area (Å²) in [6, 6.07) is 0. The van der Waals surface area contributed by atoms with Crippen LogP contribution in [0.15, 0.2) is 16.8 Å². The lowest BCUT2D eigenvalue weighted by Gasteiger charge is -2.58. The maximum absolute atomic E-state index is 11.0. The first-order valence-corrected chi connectivity index (χ1v) is 11.3. The first kappa shape index (κ1) is 19.7. The van der Waals surface area contributed by atoms with Crippen molar-refractivity contribution in [2.45, 2.75) is 77.4 Å². The molecule has 0 aromatic rings. The number of alkyl halides is 1. The minimum absolute atomic E-state index is 0.247. The Morgan fingerprint density at radius 3 is 2.81 bits per heavy atom. The predicted octanol–water partition coefficient (Wildman–Crippen LogP) is 4.28. The zero-order chi connectivity index (χ0) is 19.2. The summed E-state index contributed by atoms with van der Waals surface area (Å²) in [6.07, 6.45) is 9.33. The lowest BCUT2D eigenvalue weighted by molar-refractivity contribution is -0.0823. The zero-order valence-corrected chi connectivity index (χ0v) is 17.4. The lowest BCUT2D eigenvalue weighted by Crippen LogP contribution is -2.57. The summed E-state index contributed by atoms with van der Waals surface area (Å²) in [5, 5.41) is 25.9. The summed E-state index contributed by atoms with van der Waals surface area (Å²) < 4.78 is 0. The summed E-state index contributed by atoms with van der Waals surface area (Å²) in [5.74, 6) is 1.92. The average Bonchev–Trinajstić information content (AvgIpc) is 3.02. The fourth-order valence-electron chi connectivity index (χ4n) is 6.79. The molecule has 0 aromatic carbocycles. The van der Waals surface area contributed by atoms with Crippen molar-refractivity contribution in [3.8, 4) is 0 Å². The number of halogens is 1. The Balaban J connectivity index is 1.74. The van der Waals surface area contributed by atoms with Gasteiger partial charge in [-0.15, -0.1) is 11.6 Å². The van der Waals surface area contributed by atoms with E-state index in [9.17, 15) is 10.2 Å². The zero-order valence-electron chi connectivity index (χ0n) is 16.7. The Hall–Kier alpha value is -0.580. The van der Waals surface area contributed by atoms with E-state index in [1.165, 1.54) is 25.7 Å². The highest BCUT2D eigenvalue weighted by Gasteiger charge is 2.60. The molecule has 4 aliphatic carbocycles. The van der Waals surface area contributed by atoms with Gasteiger partial charge in [-0.2, -0.15) is 0 Å². The first-order valence-electron chi connectivity index (χ1n) is 10.7. The summed E-state index contributed by atoms with van der Waals surface area (Å²) in [4.78, 5) is 5.64. The van der Waals surface area contributed by atoms with Gasteiger partial charge in [-0.25, -0.2) is 0 Å². The van der Waals surface area contributed by atoms with Crippen molar-refractivity contribution in [1.82, 2.24) is 0 Å². The monoisotopic (exact) mass is 395 g/mol. The van der Waals surface area contributed by atoms with E-state index in [4.69, 9.17) is 16.4 Å². The van der Waals surface area contributed by atoms with Gasteiger partial charge in [-0.3, -0.25) is 0 Å². The number of aliphatic hydroxyl groups excluding tert-OH is 2. The summed E-state index contributed by atoms with van der Waals surface area (Å²) in [7, 11) is 0. The molecule has 3 fully saturated rings. The van der Waals surface area contributed by atoms with Crippen molar-refractivity contribution in [3.63, 3.8) is 0 Å². The molecule has 0 heterocycles. The van der Waals surface area contributed by atoms with Crippen molar-refractivity contribution >= 4 is 17.3 Å². The quantitative estimate of drug-likeness (QED) is 0.424. The highest BCUT2D eigenvalue weighted by Crippen LogP contribution is 2.64. The summed E-state index contributed by atoms with van der Waals surface area (Å²) in [6.45, 7) is 5.23. The normalized spacial score (nSPS) is 47.8. The number of hydrogen-bond donors (Lipinski definition) is 2. The number of oxime groups is 1. The fourth-order valence-corrected chi connectivity index (χ4v) is 6.90. The fraction of sp³-hybridized carbons (Fsp3) is 0.864. The molecule has 152 valence electrons. The third-order valence-electron chi connectivity index (χ3n) is 8.36. The molecule has 0 aliphatic heterocycles. The van der Waals surface area contributed by atoms with E-state index in [0.29, 0.717) is 48.5 Å². The van der Waals surface area contributed by atoms with Crippen molar-refractivity contribution in [2.75, 3.05) is 12.5 Å². The van der Waals surface area contributed by atoms with Gasteiger partial charge >= 0.3 is 0 Å². The van der Waals surface area contributed by atoms with E-state index in [2.05, 4.69) is 25.1 Å². The van der Waals surface area contributed by atoms with Gasteiger partial charge in [0, 0.05) is 23.6 Å². The molecule has 5 heteroatoms. The molecular formula is C22H34ClNO3. The van der Waals surface area contributed by atoms with E-state index in [-0.39, 0.29) is 5.41 Å². The van der Waals surface area contributed by atoms with Crippen LogP contribution in [0, 0.1) is 28.6 Å². The molecule has 4 rings (SSSR count). The second-order valence-electron chi connectivity index (χ2n) is 9.78. The molecule has 2 N–H and O–H groups in total. The second-order valence-corrected chi connectivity index (χ2v) is 10.2. The third-order valence-corrected chi connectivity index (χ3v) is 8.63. The van der Waals surface area contributed by atoms with Crippen LogP contribution in [0.5, 0.6) is 0 Å². The molecule has 7 atom stereocenters. The van der Waals surface area contributed by atoms with Crippen LogP contribution >= 0.6 is 11.6 Å². The Labute approximate surface area is 168 Å². The van der Waals surface area contributed by atoms with E-state index < -0.39 is 12.2 Å². The van der Waals surface area contributed by atoms with Crippen molar-refractivity contribution in [3.05, 3.63) is 11.6 Å². The SMILES string of the molecule is C[C@@]12CCC[C@H]1[C@@H]1C(=NOCCCCl)C=C3CC(O)CC(O)[C@]3(C)[C@@H]1CC2. The molecule has 0 bridgehead atoms. The van der Waals surface area contributed by atoms with Gasteiger partial charge < -0.3 is 15.1 Å². The van der Waals surface area contributed by atoms with Gasteiger partial charge in [-0.05, 0) is 61.9 Å². The first-order chi connectivity index (χ1) is 12.9. The predicted molar refractivity (Wildman–Crippen MR) is 108 cm³/mol. The van der Waals surface area contributed by atoms with Crippen LogP contribution in [0.25, 0.3) is 0 Å². The highest BCUT2D eigenvalue weighted by atomic mass is 35.5. The molecule has 0 radical (unpaired) electrons. The van der Waals surface area contributed by atoms with E-state index in [1.807, 2.05) is 0 Å². The largest absolute Gasteiger partial charge is 0.396 e. The molecule has 3 saturated carbocycles. The minimum Gasteiger partial charge on any atom is -0.396 e. The standard InChI is InChI=1S/C22H34ClNO3/c1-21-7-3-5-16(21)20-17(6-8-21)22(2)14(11-15(25)13-19(22)26)12-18(20)24-27-10-4-9-23/h12,15-17,19-20,25-26H,3-11,13H2,1-2H3/t15?,16-,17+,19?,20-,21-,22-/m0/s1. The summed E-state index contributed by atoms with van der Waals surface area (Å²) in [5.41, 5.74) is 2.35. The van der Waals surface area contributed by atoms with Gasteiger partial charge in [0.05, 0.1) is 17.9 Å². The van der Waals surface area contributed by atoms with Crippen LogP contribution < -0.4 is 0 Å². The van der Waals surface area contributed by atoms with Gasteiger partial charge in [-0.1, -0.05) is 31.0 Å². The molecule has 2 unspecified atom stereocenters. The maximum atomic E-state index is 11.0. The number of rotatable bonds is 4. The van der Waals surface area contributed by atoms with Gasteiger partial charge in [0.1, 0.15) is 6.61 Å². The molecule has 0 aromatic heterocycles. The number of aliphatic hydroxyl groups is 2. The van der Waals surface area contributed by atoms with Crippen LogP contribution in [-0.4, -0.2) is 40.6 Å². The Morgan fingerprint density at radius 2 is 2.04 bits per heavy atom. The molecule has 4 nitrogen and oxygen atoms in total. The summed E-state index contributed by atoms with van der Waals surface area (Å²) >= 11 is 5.77. The molecule has 4 aliphatic rings. The Kier molecular flexibility index (Phi) is 5.37. The average molecular weight is 396 g/mol. The van der Waals surface area contributed by atoms with Crippen LogP contribution in [0.1, 0.15) is 65.2 Å². The lowest BCUT2D eigenvalue weighted by atomic mass is 9.47. The van der Waals surface area contributed by atoms with Gasteiger partial charge in [0.15, 0.2) is 0 Å². The number of nitrogens with zero attached hydrogens (tertiary/aromatic N) is 1. The van der Waals surface area contributed by atoms with Gasteiger partial charge in [0.2, 0.25) is 0 Å². The van der Waals surface area contributed by atoms with E-state index in [0.717, 1.165) is 24.1 Å². The highest BCUT2D eigenvalue weighted by molar-refractivity contribution is 6.17. The minimum atomic E-state index is -0.482. The smallest absolute Gasteiger partial charge is 0.118 e. The molecule has 0 saturated heterocycles. The second kappa shape index (κ2) is 7.35. The Bertz CT molecular complexity index is 635. The van der Waals surface area contributed by atoms with Crippen LogP contribution in [0.4, 0.5) is 0 Å². The maximum Gasteiger partial charge on any atom is 0.118 e. The topological polar surface area (TPSA) is 62.0 Å². The number of fused-ring (bicyclic) bond motifs is 5. The third kappa shape index (κ3) is 3.16. The molecule has 0 spiro atoms. The van der Waals surface area contributed by atoms with E-state index >= 15 is 0 Å². The molecule has 0 amide bonds. The number of hydrogen-bond acceptors (Lipinski definition) is 4. The molecule has 27 heavy (non-hydrogen) atoms. The van der Waals surface area contributed by atoms with Crippen molar-refractivity contribution in [1.29, 1.82) is 0 Å². The van der Waals surface area contributed by atoms with Gasteiger partial charge in [0.25, 0.3) is 0 Å². The van der Waals surface area contributed by atoms with Crippen LogP contribution in [0.2, 0.25) is 0 Å². The van der Waals surface area contributed by atoms with E-state index in [1.54, 1.807) is 0 Å². The Morgan fingerprint density at radius 1 is 1.22 bits per heavy atom. The van der Waals surface area contributed by atoms with Crippen molar-refractivity contribution < 1.29 is 15.1 Å².